The van der Waals surface area contributed by atoms with Crippen LogP contribution in [0.2, 0.25) is 0 Å². The number of ketones is 2. The molecule has 4 aliphatic carbocycles. The van der Waals surface area contributed by atoms with Crippen LogP contribution in [0.4, 0.5) is 0 Å². The molecule has 5 rings (SSSR count). The molecule has 1 N–H and O–H groups in total. The smallest absolute Gasteiger partial charge is 0.338 e. The maximum Gasteiger partial charge on any atom is 0.338 e. The molecule has 0 unspecified atom stereocenters. The van der Waals surface area contributed by atoms with E-state index in [2.05, 4.69) is 0 Å². The number of halogens is 1. The zero-order chi connectivity index (χ0) is 25.9. The van der Waals surface area contributed by atoms with Gasteiger partial charge in [0.15, 0.2) is 5.78 Å². The Hall–Kier alpha value is -2.77. The van der Waals surface area contributed by atoms with Gasteiger partial charge in [-0.05, 0) is 69.4 Å². The van der Waals surface area contributed by atoms with Crippen molar-refractivity contribution in [3.63, 3.8) is 0 Å². The largest absolute Gasteiger partial charge is 0.465 e. The summed E-state index contributed by atoms with van der Waals surface area (Å²) in [5, 5.41) is 12.5. The third-order valence-corrected chi connectivity index (χ3v) is 9.15. The van der Waals surface area contributed by atoms with E-state index in [1.165, 1.54) is 6.08 Å². The average Bonchev–Trinajstić information content (AvgIpc) is 3.08. The Morgan fingerprint density at radius 2 is 1.83 bits per heavy atom. The molecule has 0 radical (unpaired) electrons. The monoisotopic (exact) mass is 512 g/mol. The maximum atomic E-state index is 13.7. The predicted molar refractivity (Wildman–Crippen MR) is 130 cm³/mol. The number of hydrogen-bond acceptors (Lipinski definition) is 7. The molecule has 0 spiro atoms. The molecule has 0 bridgehead atoms. The molecule has 2 saturated carbocycles. The number of carbonyl (C=O) groups excluding carboxylic acids is 4. The summed E-state index contributed by atoms with van der Waals surface area (Å²) in [4.78, 5) is 53.8. The number of hydrogen-bond donors (Lipinski definition) is 1. The average molecular weight is 513 g/mol. The number of ether oxygens (including phenoxy) is 2. The highest BCUT2D eigenvalue weighted by molar-refractivity contribution is 6.30. The topological polar surface area (TPSA) is 107 Å². The lowest BCUT2D eigenvalue weighted by Crippen LogP contribution is -2.69. The number of benzene rings is 1. The molecule has 8 heteroatoms. The highest BCUT2D eigenvalue weighted by atomic mass is 35.5. The molecule has 2 fully saturated rings. The molecular weight excluding hydrogens is 484 g/mol. The number of carbonyl (C=O) groups is 4. The normalized spacial score (nSPS) is 37.2. The van der Waals surface area contributed by atoms with Gasteiger partial charge < -0.3 is 14.6 Å². The molecule has 1 aromatic carbocycles. The van der Waals surface area contributed by atoms with Crippen molar-refractivity contribution in [2.45, 2.75) is 57.7 Å². The van der Waals surface area contributed by atoms with Gasteiger partial charge in [0.25, 0.3) is 0 Å². The lowest BCUT2D eigenvalue weighted by atomic mass is 9.45. The zero-order valence-corrected chi connectivity index (χ0v) is 21.0. The fourth-order valence-corrected chi connectivity index (χ4v) is 7.27. The molecule has 36 heavy (non-hydrogen) atoms. The number of Topliss-reactive ketones (excluding diaryl/α,β-unsaturated/α-hetero) is 1. The Labute approximate surface area is 214 Å². The summed E-state index contributed by atoms with van der Waals surface area (Å²) in [6.45, 7) is 3.46. The van der Waals surface area contributed by atoms with E-state index in [1.54, 1.807) is 50.3 Å². The fourth-order valence-electron chi connectivity index (χ4n) is 7.06. The summed E-state index contributed by atoms with van der Waals surface area (Å²) in [6, 6.07) is 8.42. The Balaban J connectivity index is 1.70. The van der Waals surface area contributed by atoms with Gasteiger partial charge in [-0.15, -0.1) is 0 Å². The SMILES string of the molecule is CCOC(=O)[C@]12CCC(Cl)=CC1=CC(=O)[C@@H]1[C@@H]2[C@@H](OC(=O)c2ccccc2)C[C@]2(C)C(=O)CC[C@]12O. The van der Waals surface area contributed by atoms with Gasteiger partial charge >= 0.3 is 11.9 Å². The van der Waals surface area contributed by atoms with Crippen LogP contribution in [-0.2, 0) is 23.9 Å². The lowest BCUT2D eigenvalue weighted by molar-refractivity contribution is -0.209. The summed E-state index contributed by atoms with van der Waals surface area (Å²) in [5.74, 6) is -3.77. The second kappa shape index (κ2) is 8.67. The van der Waals surface area contributed by atoms with Crippen molar-refractivity contribution in [2.24, 2.45) is 22.7 Å². The van der Waals surface area contributed by atoms with Crippen LogP contribution in [0, 0.1) is 22.7 Å². The van der Waals surface area contributed by atoms with Crippen LogP contribution in [0.3, 0.4) is 0 Å². The van der Waals surface area contributed by atoms with Gasteiger partial charge in [-0.1, -0.05) is 29.8 Å². The Kier molecular flexibility index (Phi) is 5.99. The molecule has 7 nitrogen and oxygen atoms in total. The molecule has 190 valence electrons. The van der Waals surface area contributed by atoms with Crippen LogP contribution in [0.25, 0.3) is 0 Å². The first-order chi connectivity index (χ1) is 17.1. The van der Waals surface area contributed by atoms with Crippen molar-refractivity contribution in [1.29, 1.82) is 0 Å². The third-order valence-electron chi connectivity index (χ3n) is 8.85. The number of esters is 2. The first kappa shape index (κ1) is 24.9. The summed E-state index contributed by atoms with van der Waals surface area (Å²) >= 11 is 6.34. The van der Waals surface area contributed by atoms with E-state index in [1.807, 2.05) is 0 Å². The summed E-state index contributed by atoms with van der Waals surface area (Å²) in [5.41, 5.74) is -3.60. The van der Waals surface area contributed by atoms with E-state index in [4.69, 9.17) is 21.1 Å². The van der Waals surface area contributed by atoms with Gasteiger partial charge in [-0.25, -0.2) is 4.79 Å². The minimum Gasteiger partial charge on any atom is -0.465 e. The van der Waals surface area contributed by atoms with Crippen LogP contribution < -0.4 is 0 Å². The molecule has 1 aromatic rings. The van der Waals surface area contributed by atoms with E-state index < -0.39 is 52.1 Å². The molecule has 0 saturated heterocycles. The molecule has 0 aliphatic heterocycles. The van der Waals surface area contributed by atoms with Crippen LogP contribution >= 0.6 is 11.6 Å². The molecule has 0 amide bonds. The minimum atomic E-state index is -1.67. The van der Waals surface area contributed by atoms with Gasteiger partial charge in [-0.2, -0.15) is 0 Å². The second-order valence-corrected chi connectivity index (χ2v) is 11.0. The second-order valence-electron chi connectivity index (χ2n) is 10.5. The Bertz CT molecular complexity index is 1200. The van der Waals surface area contributed by atoms with Crippen molar-refractivity contribution < 1.29 is 33.8 Å². The van der Waals surface area contributed by atoms with Crippen molar-refractivity contribution >= 4 is 35.1 Å². The highest BCUT2D eigenvalue weighted by Crippen LogP contribution is 2.65. The van der Waals surface area contributed by atoms with Gasteiger partial charge in [0.2, 0.25) is 0 Å². The molecular formula is C28H29ClO7. The van der Waals surface area contributed by atoms with Crippen molar-refractivity contribution in [3.8, 4) is 0 Å². The van der Waals surface area contributed by atoms with E-state index in [-0.39, 0.29) is 38.1 Å². The van der Waals surface area contributed by atoms with Crippen molar-refractivity contribution in [3.05, 3.63) is 58.7 Å². The van der Waals surface area contributed by atoms with Crippen molar-refractivity contribution in [2.75, 3.05) is 6.61 Å². The van der Waals surface area contributed by atoms with Crippen LogP contribution in [0.1, 0.15) is 56.3 Å². The summed E-state index contributed by atoms with van der Waals surface area (Å²) in [6.07, 6.45) is 2.81. The Morgan fingerprint density at radius 3 is 2.53 bits per heavy atom. The molecule has 0 aromatic heterocycles. The van der Waals surface area contributed by atoms with E-state index in [0.717, 1.165) is 0 Å². The highest BCUT2D eigenvalue weighted by Gasteiger charge is 2.74. The number of rotatable bonds is 4. The van der Waals surface area contributed by atoms with Gasteiger partial charge in [-0.3, -0.25) is 14.4 Å². The minimum absolute atomic E-state index is 0.00123. The number of aliphatic hydroxyl groups is 1. The summed E-state index contributed by atoms with van der Waals surface area (Å²) in [7, 11) is 0. The number of allylic oxidation sites excluding steroid dienone is 3. The lowest BCUT2D eigenvalue weighted by Gasteiger charge is -2.59. The van der Waals surface area contributed by atoms with E-state index in [9.17, 15) is 24.3 Å². The first-order valence-electron chi connectivity index (χ1n) is 12.4. The molecule has 6 atom stereocenters. The summed E-state index contributed by atoms with van der Waals surface area (Å²) < 4.78 is 11.6. The van der Waals surface area contributed by atoms with E-state index in [0.29, 0.717) is 22.6 Å². The van der Waals surface area contributed by atoms with Crippen molar-refractivity contribution in [1.82, 2.24) is 0 Å². The van der Waals surface area contributed by atoms with Crippen LogP contribution in [0.5, 0.6) is 0 Å². The standard InChI is InChI=1S/C28H29ClO7/c1-3-35-25(33)27-11-9-18(29)13-17(27)14-19(30)22-23(27)20(36-24(32)16-7-5-4-6-8-16)15-26(2)21(31)10-12-28(22,26)34/h4-8,13-14,20,22-23,34H,3,9-12,15H2,1-2H3/t20-,22+,23-,26+,27+,28-/m0/s1. The van der Waals surface area contributed by atoms with E-state index >= 15 is 0 Å². The van der Waals surface area contributed by atoms with Crippen LogP contribution in [0.15, 0.2) is 53.1 Å². The molecule has 4 aliphatic rings. The third kappa shape index (κ3) is 3.36. The predicted octanol–water partition coefficient (Wildman–Crippen LogP) is 3.92. The molecule has 0 heterocycles. The maximum absolute atomic E-state index is 13.7. The van der Waals surface area contributed by atoms with Gasteiger partial charge in [0.1, 0.15) is 17.3 Å². The van der Waals surface area contributed by atoms with Crippen LogP contribution in [-0.4, -0.2) is 46.9 Å². The fraction of sp³-hybridized carbons (Fsp3) is 0.500. The number of fused-ring (bicyclic) bond motifs is 5. The Morgan fingerprint density at radius 1 is 1.11 bits per heavy atom. The first-order valence-corrected chi connectivity index (χ1v) is 12.8. The van der Waals surface area contributed by atoms with Gasteiger partial charge in [0.05, 0.1) is 29.1 Å². The zero-order valence-electron chi connectivity index (χ0n) is 20.3. The van der Waals surface area contributed by atoms with Gasteiger partial charge in [0, 0.05) is 17.4 Å². The quantitative estimate of drug-likeness (QED) is 0.609.